The van der Waals surface area contributed by atoms with E-state index in [9.17, 15) is 0 Å². The zero-order chi connectivity index (χ0) is 24.3. The molecule has 0 saturated heterocycles. The molecule has 1 aliphatic rings. The Morgan fingerprint density at radius 3 is 1.59 bits per heavy atom. The van der Waals surface area contributed by atoms with Crippen molar-refractivity contribution in [3.05, 3.63) is 85.2 Å². The number of fused-ring (bicyclic) bond motifs is 6. The maximum atomic E-state index is 5.07. The normalized spacial score (nSPS) is 13.6. The molecular formula is C28H19N9. The van der Waals surface area contributed by atoms with Crippen LogP contribution < -0.4 is 4.90 Å². The fourth-order valence-corrected chi connectivity index (χ4v) is 5.20. The molecule has 0 N–H and O–H groups in total. The molecule has 176 valence electrons. The van der Waals surface area contributed by atoms with E-state index in [0.717, 1.165) is 43.9 Å². The molecule has 0 unspecified atom stereocenters. The Bertz CT molecular complexity index is 1780. The molecule has 0 aliphatic carbocycles. The minimum Gasteiger partial charge on any atom is -0.299 e. The Labute approximate surface area is 210 Å². The van der Waals surface area contributed by atoms with Gasteiger partial charge in [-0.15, -0.1) is 0 Å². The van der Waals surface area contributed by atoms with E-state index >= 15 is 0 Å². The lowest BCUT2D eigenvalue weighted by Gasteiger charge is -2.16. The summed E-state index contributed by atoms with van der Waals surface area (Å²) in [7, 11) is 0. The van der Waals surface area contributed by atoms with Gasteiger partial charge in [-0.05, 0) is 36.4 Å². The smallest absolute Gasteiger partial charge is 0.241 e. The van der Waals surface area contributed by atoms with Gasteiger partial charge >= 0.3 is 0 Å². The zero-order valence-electron chi connectivity index (χ0n) is 19.6. The number of aliphatic imine (C=N–C) groups is 1. The van der Waals surface area contributed by atoms with Gasteiger partial charge in [0.15, 0.2) is 0 Å². The van der Waals surface area contributed by atoms with Crippen molar-refractivity contribution < 1.29 is 0 Å². The third-order valence-electron chi connectivity index (χ3n) is 6.80. The molecule has 9 heteroatoms. The summed E-state index contributed by atoms with van der Waals surface area (Å²) in [6, 6.07) is 24.4. The molecule has 0 spiro atoms. The SMILES string of the molecule is C1=NCCN1c1nc(-n2c3ccccc3c3ncccc32)nc(-n2c3ccccc3c3ncccc32)n1. The first kappa shape index (κ1) is 20.1. The Morgan fingerprint density at radius 2 is 1.05 bits per heavy atom. The van der Waals surface area contributed by atoms with Gasteiger partial charge in [0.1, 0.15) is 0 Å². The lowest BCUT2D eigenvalue weighted by molar-refractivity contribution is 0.862. The number of anilines is 1. The predicted molar refractivity (Wildman–Crippen MR) is 145 cm³/mol. The van der Waals surface area contributed by atoms with Gasteiger partial charge in [0.2, 0.25) is 17.8 Å². The summed E-state index contributed by atoms with van der Waals surface area (Å²) in [6.45, 7) is 1.42. The first-order valence-electron chi connectivity index (χ1n) is 12.1. The first-order chi connectivity index (χ1) is 18.4. The molecule has 2 aromatic carbocycles. The summed E-state index contributed by atoms with van der Waals surface area (Å²) >= 11 is 0. The fourth-order valence-electron chi connectivity index (χ4n) is 5.20. The van der Waals surface area contributed by atoms with Crippen LogP contribution >= 0.6 is 0 Å². The highest BCUT2D eigenvalue weighted by Crippen LogP contribution is 2.32. The molecule has 8 rings (SSSR count). The van der Waals surface area contributed by atoms with E-state index in [0.29, 0.717) is 30.9 Å². The van der Waals surface area contributed by atoms with Gasteiger partial charge in [-0.3, -0.25) is 29.0 Å². The maximum absolute atomic E-state index is 5.07. The number of hydrogen-bond donors (Lipinski definition) is 0. The average molecular weight is 482 g/mol. The highest BCUT2D eigenvalue weighted by atomic mass is 15.4. The van der Waals surface area contributed by atoms with E-state index < -0.39 is 0 Å². The molecular weight excluding hydrogens is 462 g/mol. The molecule has 5 aromatic heterocycles. The van der Waals surface area contributed by atoms with Gasteiger partial charge < -0.3 is 0 Å². The predicted octanol–water partition coefficient (Wildman–Crippen LogP) is 4.70. The monoisotopic (exact) mass is 481 g/mol. The third-order valence-corrected chi connectivity index (χ3v) is 6.80. The van der Waals surface area contributed by atoms with Crippen LogP contribution in [0, 0.1) is 0 Å². The number of rotatable bonds is 3. The van der Waals surface area contributed by atoms with Gasteiger partial charge in [-0.1, -0.05) is 36.4 Å². The van der Waals surface area contributed by atoms with Crippen LogP contribution in [-0.4, -0.2) is 53.5 Å². The second-order valence-electron chi connectivity index (χ2n) is 8.90. The standard InChI is InChI=1S/C28H19N9/c1-3-9-20-18(7-1)24-22(11-5-13-30-24)36(20)27-32-26(35-16-15-29-17-35)33-28(34-27)37-21-10-4-2-8-19(21)25-23(37)12-6-14-31-25/h1-14,17H,15-16H2. The van der Waals surface area contributed by atoms with E-state index in [2.05, 4.69) is 48.4 Å². The molecule has 1 aliphatic heterocycles. The minimum atomic E-state index is 0.523. The number of hydrogen-bond acceptors (Lipinski definition) is 7. The van der Waals surface area contributed by atoms with E-state index in [4.69, 9.17) is 15.0 Å². The molecule has 0 radical (unpaired) electrons. The summed E-state index contributed by atoms with van der Waals surface area (Å²) in [5, 5.41) is 2.09. The number of para-hydroxylation sites is 2. The lowest BCUT2D eigenvalue weighted by Crippen LogP contribution is -2.23. The zero-order valence-corrected chi connectivity index (χ0v) is 19.6. The van der Waals surface area contributed by atoms with Crippen LogP contribution in [0.1, 0.15) is 0 Å². The van der Waals surface area contributed by atoms with Crippen molar-refractivity contribution in [1.29, 1.82) is 0 Å². The molecule has 0 saturated carbocycles. The molecule has 0 atom stereocenters. The number of aromatic nitrogens is 7. The highest BCUT2D eigenvalue weighted by molar-refractivity contribution is 6.07. The second kappa shape index (κ2) is 7.66. The van der Waals surface area contributed by atoms with Crippen LogP contribution in [0.4, 0.5) is 5.95 Å². The molecule has 6 heterocycles. The Morgan fingerprint density at radius 1 is 0.541 bits per heavy atom. The maximum Gasteiger partial charge on any atom is 0.241 e. The van der Waals surface area contributed by atoms with Crippen molar-refractivity contribution in [2.75, 3.05) is 18.0 Å². The Kier molecular flexibility index (Phi) is 4.15. The number of benzene rings is 2. The molecule has 0 amide bonds. The molecule has 9 nitrogen and oxygen atoms in total. The summed E-state index contributed by atoms with van der Waals surface area (Å²) < 4.78 is 4.12. The number of nitrogens with zero attached hydrogens (tertiary/aromatic N) is 9. The minimum absolute atomic E-state index is 0.523. The lowest BCUT2D eigenvalue weighted by atomic mass is 10.2. The van der Waals surface area contributed by atoms with Gasteiger partial charge in [0, 0.05) is 29.7 Å². The van der Waals surface area contributed by atoms with Crippen molar-refractivity contribution in [2.24, 2.45) is 4.99 Å². The fraction of sp³-hybridized carbons (Fsp3) is 0.0714. The summed E-state index contributed by atoms with van der Waals surface area (Å²) in [4.78, 5) is 30.7. The van der Waals surface area contributed by atoms with E-state index in [1.165, 1.54) is 0 Å². The van der Waals surface area contributed by atoms with Crippen molar-refractivity contribution in [3.8, 4) is 11.9 Å². The van der Waals surface area contributed by atoms with Gasteiger partial charge in [-0.2, -0.15) is 15.0 Å². The third kappa shape index (κ3) is 2.91. The van der Waals surface area contributed by atoms with Crippen LogP contribution in [0.15, 0.2) is 90.2 Å². The van der Waals surface area contributed by atoms with Gasteiger partial charge in [0.25, 0.3) is 0 Å². The summed E-state index contributed by atoms with van der Waals surface area (Å²) in [6.07, 6.45) is 5.42. The van der Waals surface area contributed by atoms with Crippen molar-refractivity contribution in [2.45, 2.75) is 0 Å². The highest BCUT2D eigenvalue weighted by Gasteiger charge is 2.22. The van der Waals surface area contributed by atoms with Crippen LogP contribution in [0.2, 0.25) is 0 Å². The quantitative estimate of drug-likeness (QED) is 0.363. The second-order valence-corrected chi connectivity index (χ2v) is 8.90. The van der Waals surface area contributed by atoms with Gasteiger partial charge in [0.05, 0.1) is 46.0 Å². The van der Waals surface area contributed by atoms with Crippen LogP contribution in [0.25, 0.3) is 55.8 Å². The van der Waals surface area contributed by atoms with Crippen LogP contribution in [0.3, 0.4) is 0 Å². The molecule has 0 fully saturated rings. The van der Waals surface area contributed by atoms with Crippen LogP contribution in [-0.2, 0) is 0 Å². The number of pyridine rings is 2. The van der Waals surface area contributed by atoms with E-state index in [1.54, 1.807) is 6.34 Å². The van der Waals surface area contributed by atoms with E-state index in [-0.39, 0.29) is 0 Å². The van der Waals surface area contributed by atoms with E-state index in [1.807, 2.05) is 65.8 Å². The topological polar surface area (TPSA) is 89.9 Å². The Balaban J connectivity index is 1.49. The molecule has 7 aromatic rings. The summed E-state index contributed by atoms with van der Waals surface area (Å²) in [5.74, 6) is 1.59. The molecule has 37 heavy (non-hydrogen) atoms. The van der Waals surface area contributed by atoms with Crippen molar-refractivity contribution in [1.82, 2.24) is 34.1 Å². The average Bonchev–Trinajstić information content (AvgIpc) is 3.68. The van der Waals surface area contributed by atoms with Crippen LogP contribution in [0.5, 0.6) is 0 Å². The van der Waals surface area contributed by atoms with Gasteiger partial charge in [-0.25, -0.2) is 0 Å². The summed E-state index contributed by atoms with van der Waals surface area (Å²) in [5.41, 5.74) is 5.66. The van der Waals surface area contributed by atoms with Crippen molar-refractivity contribution in [3.63, 3.8) is 0 Å². The largest absolute Gasteiger partial charge is 0.299 e. The molecule has 0 bridgehead atoms. The van der Waals surface area contributed by atoms with Crippen molar-refractivity contribution >= 4 is 56.2 Å². The Hall–Kier alpha value is -5.18. The first-order valence-corrected chi connectivity index (χ1v) is 12.1.